The molecule has 1 aromatic rings. The summed E-state index contributed by atoms with van der Waals surface area (Å²) in [6.07, 6.45) is 13.1. The van der Waals surface area contributed by atoms with Gasteiger partial charge in [0.25, 0.3) is 0 Å². The van der Waals surface area contributed by atoms with E-state index < -0.39 is 5.60 Å². The number of fused-ring (bicyclic) bond motifs is 5. The predicted molar refractivity (Wildman–Crippen MR) is 113 cm³/mol. The molecule has 158 valence electrons. The first-order valence-corrected chi connectivity index (χ1v) is 11.7. The Morgan fingerprint density at radius 2 is 2.03 bits per heavy atom. The van der Waals surface area contributed by atoms with Gasteiger partial charge < -0.3 is 5.11 Å². The van der Waals surface area contributed by atoms with Gasteiger partial charge in [-0.15, -0.1) is 0 Å². The van der Waals surface area contributed by atoms with E-state index in [4.69, 9.17) is 0 Å². The minimum absolute atomic E-state index is 0.158. The molecular formula is C25H36N2O2. The largest absolute Gasteiger partial charge is 0.390 e. The van der Waals surface area contributed by atoms with Crippen molar-refractivity contribution in [1.29, 1.82) is 0 Å². The Labute approximate surface area is 174 Å². The molecule has 5 rings (SSSR count). The third kappa shape index (κ3) is 3.13. The van der Waals surface area contributed by atoms with E-state index in [0.717, 1.165) is 49.6 Å². The van der Waals surface area contributed by atoms with Gasteiger partial charge in [0.1, 0.15) is 6.54 Å². The topological polar surface area (TPSA) is 55.1 Å². The molecule has 7 unspecified atom stereocenters. The summed E-state index contributed by atoms with van der Waals surface area (Å²) in [4.78, 5) is 13.3. The first-order valence-electron chi connectivity index (χ1n) is 11.7. The lowest BCUT2D eigenvalue weighted by molar-refractivity contribution is -0.129. The van der Waals surface area contributed by atoms with Crippen molar-refractivity contribution in [3.8, 4) is 0 Å². The van der Waals surface area contributed by atoms with Crippen LogP contribution in [-0.2, 0) is 11.3 Å². The van der Waals surface area contributed by atoms with E-state index in [1.165, 1.54) is 24.8 Å². The van der Waals surface area contributed by atoms with Crippen LogP contribution in [0.3, 0.4) is 0 Å². The van der Waals surface area contributed by atoms with Crippen LogP contribution in [-0.4, -0.2) is 26.3 Å². The molecule has 29 heavy (non-hydrogen) atoms. The second kappa shape index (κ2) is 6.80. The van der Waals surface area contributed by atoms with E-state index in [1.54, 1.807) is 6.20 Å². The van der Waals surface area contributed by atoms with E-state index in [0.29, 0.717) is 24.2 Å². The molecule has 0 aliphatic heterocycles. The first-order chi connectivity index (χ1) is 13.8. The second-order valence-electron chi connectivity index (χ2n) is 11.0. The van der Waals surface area contributed by atoms with Crippen LogP contribution in [0.25, 0.3) is 0 Å². The molecule has 4 nitrogen and oxygen atoms in total. The number of carbonyl (C=O) groups is 1. The fourth-order valence-electron chi connectivity index (χ4n) is 7.82. The molecule has 3 fully saturated rings. The van der Waals surface area contributed by atoms with Gasteiger partial charge in [0.2, 0.25) is 0 Å². The highest BCUT2D eigenvalue weighted by molar-refractivity contribution is 5.82. The Hall–Kier alpha value is -1.42. The van der Waals surface area contributed by atoms with Crippen molar-refractivity contribution in [3.05, 3.63) is 29.6 Å². The van der Waals surface area contributed by atoms with Gasteiger partial charge in [-0.3, -0.25) is 9.48 Å². The average molecular weight is 397 g/mol. The SMILES string of the molecule is Cc1ccnn1CC(=O)C1CCC2C3CC=C4CC(C)(O)CCC4C3CCC12C. The molecule has 0 saturated heterocycles. The van der Waals surface area contributed by atoms with Crippen molar-refractivity contribution in [2.24, 2.45) is 35.0 Å². The molecule has 1 heterocycles. The van der Waals surface area contributed by atoms with Gasteiger partial charge in [-0.05, 0) is 100 Å². The number of allylic oxidation sites excluding steroid dienone is 1. The number of hydrogen-bond acceptors (Lipinski definition) is 3. The van der Waals surface area contributed by atoms with E-state index in [-0.39, 0.29) is 11.3 Å². The second-order valence-corrected chi connectivity index (χ2v) is 11.0. The first kappa shape index (κ1) is 19.5. The van der Waals surface area contributed by atoms with Crippen LogP contribution in [0.4, 0.5) is 0 Å². The standard InChI is InChI=1S/C25H36N2O2/c1-16-10-13-26-27(16)15-23(28)22-7-6-21-20-5-4-17-14-24(2,29)11-8-18(17)19(20)9-12-25(21,22)3/h4,10,13,18-22,29H,5-9,11-12,14-15H2,1-3H3. The molecule has 4 heteroatoms. The third-order valence-corrected chi connectivity index (χ3v) is 9.34. The molecule has 4 aliphatic rings. The van der Waals surface area contributed by atoms with Gasteiger partial charge >= 0.3 is 0 Å². The minimum atomic E-state index is -0.506. The number of hydrogen-bond donors (Lipinski definition) is 1. The van der Waals surface area contributed by atoms with Crippen LogP contribution in [0.2, 0.25) is 0 Å². The average Bonchev–Trinajstić information content (AvgIpc) is 3.23. The number of aliphatic hydroxyl groups is 1. The van der Waals surface area contributed by atoms with E-state index in [2.05, 4.69) is 18.1 Å². The number of aromatic nitrogens is 2. The Morgan fingerprint density at radius 1 is 1.21 bits per heavy atom. The quantitative estimate of drug-likeness (QED) is 0.754. The molecule has 0 aromatic carbocycles. The molecule has 7 atom stereocenters. The number of rotatable bonds is 3. The van der Waals surface area contributed by atoms with Crippen LogP contribution in [0.1, 0.15) is 70.9 Å². The van der Waals surface area contributed by atoms with Crippen molar-refractivity contribution >= 4 is 5.78 Å². The molecule has 4 aliphatic carbocycles. The summed E-state index contributed by atoms with van der Waals surface area (Å²) in [7, 11) is 0. The fourth-order valence-corrected chi connectivity index (χ4v) is 7.82. The lowest BCUT2D eigenvalue weighted by Gasteiger charge is -2.54. The molecule has 3 saturated carbocycles. The van der Waals surface area contributed by atoms with E-state index in [9.17, 15) is 9.90 Å². The Morgan fingerprint density at radius 3 is 2.79 bits per heavy atom. The van der Waals surface area contributed by atoms with Crippen LogP contribution < -0.4 is 0 Å². The van der Waals surface area contributed by atoms with Crippen molar-refractivity contribution in [3.63, 3.8) is 0 Å². The molecule has 1 N–H and O–H groups in total. The molecule has 0 amide bonds. The number of ketones is 1. The lowest BCUT2D eigenvalue weighted by Crippen LogP contribution is -2.48. The summed E-state index contributed by atoms with van der Waals surface area (Å²) >= 11 is 0. The van der Waals surface area contributed by atoms with E-state index >= 15 is 0 Å². The van der Waals surface area contributed by atoms with Crippen molar-refractivity contribution in [1.82, 2.24) is 9.78 Å². The maximum Gasteiger partial charge on any atom is 0.157 e. The van der Waals surface area contributed by atoms with Gasteiger partial charge in [0.15, 0.2) is 5.78 Å². The zero-order chi connectivity index (χ0) is 20.4. The molecule has 0 radical (unpaired) electrons. The van der Waals surface area contributed by atoms with Gasteiger partial charge in [0, 0.05) is 17.8 Å². The molecular weight excluding hydrogens is 360 g/mol. The van der Waals surface area contributed by atoms with Crippen LogP contribution >= 0.6 is 0 Å². The minimum Gasteiger partial charge on any atom is -0.390 e. The summed E-state index contributed by atoms with van der Waals surface area (Å²) in [5.41, 5.74) is 2.25. The van der Waals surface area contributed by atoms with Gasteiger partial charge in [-0.25, -0.2) is 0 Å². The maximum absolute atomic E-state index is 13.3. The maximum atomic E-state index is 13.3. The zero-order valence-corrected chi connectivity index (χ0v) is 18.2. The summed E-state index contributed by atoms with van der Waals surface area (Å²) < 4.78 is 1.87. The van der Waals surface area contributed by atoms with Gasteiger partial charge in [-0.2, -0.15) is 5.10 Å². The Bertz CT molecular complexity index is 838. The fraction of sp³-hybridized carbons (Fsp3) is 0.760. The number of nitrogens with zero attached hydrogens (tertiary/aromatic N) is 2. The van der Waals surface area contributed by atoms with Crippen LogP contribution in [0.5, 0.6) is 0 Å². The lowest BCUT2D eigenvalue weighted by atomic mass is 9.51. The van der Waals surface area contributed by atoms with Crippen LogP contribution in [0.15, 0.2) is 23.9 Å². The molecule has 1 aromatic heterocycles. The zero-order valence-electron chi connectivity index (χ0n) is 18.2. The van der Waals surface area contributed by atoms with Gasteiger partial charge in [-0.1, -0.05) is 18.6 Å². The highest BCUT2D eigenvalue weighted by atomic mass is 16.3. The number of carbonyl (C=O) groups excluding carboxylic acids is 1. The Balaban J connectivity index is 1.35. The highest BCUT2D eigenvalue weighted by Gasteiger charge is 2.57. The van der Waals surface area contributed by atoms with Crippen molar-refractivity contribution < 1.29 is 9.90 Å². The number of aryl methyl sites for hydroxylation is 1. The monoisotopic (exact) mass is 396 g/mol. The third-order valence-electron chi connectivity index (χ3n) is 9.34. The summed E-state index contributed by atoms with van der Waals surface area (Å²) in [5, 5.41) is 14.9. The molecule has 0 spiro atoms. The molecule has 0 bridgehead atoms. The highest BCUT2D eigenvalue weighted by Crippen LogP contribution is 2.63. The Kier molecular flexibility index (Phi) is 4.58. The predicted octanol–water partition coefficient (Wildman–Crippen LogP) is 4.70. The summed E-state index contributed by atoms with van der Waals surface area (Å²) in [5.74, 6) is 3.44. The van der Waals surface area contributed by atoms with Crippen LogP contribution in [0, 0.1) is 41.9 Å². The van der Waals surface area contributed by atoms with Gasteiger partial charge in [0.05, 0.1) is 5.60 Å². The smallest absolute Gasteiger partial charge is 0.157 e. The van der Waals surface area contributed by atoms with Crippen molar-refractivity contribution in [2.45, 2.75) is 84.3 Å². The normalized spacial score (nSPS) is 43.9. The van der Waals surface area contributed by atoms with Crippen molar-refractivity contribution in [2.75, 3.05) is 0 Å². The van der Waals surface area contributed by atoms with E-state index in [1.807, 2.05) is 24.6 Å². The number of Topliss-reactive ketones (excluding diaryl/α,β-unsaturated/α-hetero) is 1. The summed E-state index contributed by atoms with van der Waals surface area (Å²) in [6, 6.07) is 1.98. The summed E-state index contributed by atoms with van der Waals surface area (Å²) in [6.45, 7) is 6.88.